The fraction of sp³-hybridized carbons (Fsp3) is 0.536. The molecule has 2 heterocycles. The van der Waals surface area contributed by atoms with Crippen LogP contribution < -0.4 is 14.5 Å². The minimum atomic E-state index is -3.90. The lowest BCUT2D eigenvalue weighted by atomic mass is 9.61. The third-order valence-electron chi connectivity index (χ3n) is 8.61. The lowest BCUT2D eigenvalue weighted by molar-refractivity contribution is -0.157. The first-order valence-corrected chi connectivity index (χ1v) is 14.5. The highest BCUT2D eigenvalue weighted by molar-refractivity contribution is 7.92. The minimum Gasteiger partial charge on any atom is -0.486 e. The largest absolute Gasteiger partial charge is 0.494 e. The number of aliphatic carboxylic acids is 1. The second kappa shape index (κ2) is 9.00. The molecule has 1 atom stereocenters. The van der Waals surface area contributed by atoms with Crippen LogP contribution in [0.1, 0.15) is 59.4 Å². The molecule has 0 amide bonds. The molecule has 2 aliphatic heterocycles. The van der Waals surface area contributed by atoms with Gasteiger partial charge in [-0.05, 0) is 102 Å². The summed E-state index contributed by atoms with van der Waals surface area (Å²) in [5, 5.41) is 9.48. The number of hydrogen-bond acceptors (Lipinski definition) is 6. The monoisotopic (exact) mass is 541 g/mol. The summed E-state index contributed by atoms with van der Waals surface area (Å²) < 4.78 is 48.1. The second-order valence-corrected chi connectivity index (χ2v) is 14.1. The zero-order chi connectivity index (χ0) is 27.7. The van der Waals surface area contributed by atoms with Crippen LogP contribution in [0.4, 0.5) is 5.69 Å². The van der Waals surface area contributed by atoms with Crippen molar-refractivity contribution in [3.05, 3.63) is 48.0 Å². The highest BCUT2D eigenvalue weighted by Gasteiger charge is 2.52. The van der Waals surface area contributed by atoms with Crippen LogP contribution in [0.5, 0.6) is 5.75 Å². The topological polar surface area (TPSA) is 102 Å². The molecule has 0 bridgehead atoms. The van der Waals surface area contributed by atoms with Crippen LogP contribution in [0.15, 0.2) is 47.4 Å². The van der Waals surface area contributed by atoms with Crippen LogP contribution in [0.3, 0.4) is 0 Å². The number of nitrogens with zero attached hydrogens (tertiary/aromatic N) is 1. The molecule has 1 saturated heterocycles. The SMILES string of the molecule is Cc1cccc(S(=O)(=O)N2C[C@H](CC3CC(C)(C(=O)O)C3)Oc3ccc(B4OC(C)(C)C(C)(C)O4)cc32)c1. The predicted octanol–water partition coefficient (Wildman–Crippen LogP) is 4.14. The molecule has 0 unspecified atom stereocenters. The van der Waals surface area contributed by atoms with E-state index in [4.69, 9.17) is 14.0 Å². The number of rotatable bonds is 6. The van der Waals surface area contributed by atoms with Gasteiger partial charge in [-0.1, -0.05) is 18.2 Å². The highest BCUT2D eigenvalue weighted by Crippen LogP contribution is 2.49. The van der Waals surface area contributed by atoms with Gasteiger partial charge in [0.1, 0.15) is 11.9 Å². The van der Waals surface area contributed by atoms with Crippen molar-refractivity contribution < 1.29 is 32.4 Å². The Hall–Kier alpha value is -2.56. The van der Waals surface area contributed by atoms with Crippen molar-refractivity contribution >= 4 is 34.3 Å². The molecule has 1 N–H and O–H groups in total. The van der Waals surface area contributed by atoms with Crippen LogP contribution >= 0.6 is 0 Å². The number of carbonyl (C=O) groups is 1. The number of hydrogen-bond donors (Lipinski definition) is 1. The number of fused-ring (bicyclic) bond motifs is 1. The zero-order valence-electron chi connectivity index (χ0n) is 22.9. The number of carboxylic acids is 1. The molecular formula is C28H36BNO7S. The second-order valence-electron chi connectivity index (χ2n) is 12.3. The Morgan fingerprint density at radius 1 is 1.05 bits per heavy atom. The predicted molar refractivity (Wildman–Crippen MR) is 145 cm³/mol. The van der Waals surface area contributed by atoms with Gasteiger partial charge < -0.3 is 19.2 Å². The van der Waals surface area contributed by atoms with Crippen molar-refractivity contribution in [1.82, 2.24) is 0 Å². The smallest absolute Gasteiger partial charge is 0.486 e. The number of carboxylic acid groups (broad SMARTS) is 1. The van der Waals surface area contributed by atoms with Gasteiger partial charge in [0.25, 0.3) is 10.0 Å². The van der Waals surface area contributed by atoms with Crippen molar-refractivity contribution in [2.75, 3.05) is 10.8 Å². The molecule has 10 heteroatoms. The Kier molecular flexibility index (Phi) is 6.40. The highest BCUT2D eigenvalue weighted by atomic mass is 32.2. The molecule has 2 aromatic rings. The van der Waals surface area contributed by atoms with E-state index >= 15 is 0 Å². The van der Waals surface area contributed by atoms with Gasteiger partial charge in [-0.25, -0.2) is 8.42 Å². The fourth-order valence-electron chi connectivity index (χ4n) is 5.64. The lowest BCUT2D eigenvalue weighted by Crippen LogP contribution is -2.48. The quantitative estimate of drug-likeness (QED) is 0.549. The third-order valence-corrected chi connectivity index (χ3v) is 10.4. The lowest BCUT2D eigenvalue weighted by Gasteiger charge is -2.44. The maximum Gasteiger partial charge on any atom is 0.494 e. The van der Waals surface area contributed by atoms with E-state index in [0.717, 1.165) is 5.56 Å². The van der Waals surface area contributed by atoms with Crippen molar-refractivity contribution in [2.24, 2.45) is 11.3 Å². The van der Waals surface area contributed by atoms with E-state index < -0.39 is 45.8 Å². The number of aryl methyl sites for hydroxylation is 1. The van der Waals surface area contributed by atoms with Gasteiger partial charge in [-0.3, -0.25) is 9.10 Å². The van der Waals surface area contributed by atoms with Gasteiger partial charge in [0.15, 0.2) is 0 Å². The molecule has 38 heavy (non-hydrogen) atoms. The average molecular weight is 541 g/mol. The fourth-order valence-corrected chi connectivity index (χ4v) is 7.24. The van der Waals surface area contributed by atoms with Gasteiger partial charge in [-0.2, -0.15) is 0 Å². The zero-order valence-corrected chi connectivity index (χ0v) is 23.7. The van der Waals surface area contributed by atoms with E-state index in [-0.39, 0.29) is 17.4 Å². The van der Waals surface area contributed by atoms with E-state index in [9.17, 15) is 18.3 Å². The normalized spacial score (nSPS) is 27.8. The maximum atomic E-state index is 14.0. The van der Waals surface area contributed by atoms with E-state index in [1.165, 1.54) is 4.31 Å². The summed E-state index contributed by atoms with van der Waals surface area (Å²) in [5.41, 5.74) is 0.224. The average Bonchev–Trinajstić information content (AvgIpc) is 3.03. The molecule has 2 fully saturated rings. The van der Waals surface area contributed by atoms with Crippen LogP contribution in [0, 0.1) is 18.3 Å². The van der Waals surface area contributed by atoms with E-state index in [2.05, 4.69) is 0 Å². The van der Waals surface area contributed by atoms with Crippen LogP contribution in [-0.2, 0) is 24.1 Å². The Bertz CT molecular complexity index is 1350. The molecule has 0 aromatic heterocycles. The molecule has 0 radical (unpaired) electrons. The summed E-state index contributed by atoms with van der Waals surface area (Å²) in [6, 6.07) is 12.3. The number of benzene rings is 2. The first-order valence-electron chi connectivity index (χ1n) is 13.1. The third kappa shape index (κ3) is 4.60. The standard InChI is InChI=1S/C28H36BNO7S/c1-18-8-7-9-22(12-18)38(33,34)30-17-21(13-19-15-28(6,16-19)25(31)32)35-24-11-10-20(14-23(24)30)29-36-26(2,3)27(4,5)37-29/h7-12,14,19,21H,13,15-17H2,1-6H3,(H,31,32)/t19?,21-,28?/m0/s1. The number of anilines is 1. The molecule has 5 rings (SSSR count). The van der Waals surface area contributed by atoms with Crippen LogP contribution in [-0.4, -0.2) is 50.5 Å². The van der Waals surface area contributed by atoms with Crippen molar-refractivity contribution in [1.29, 1.82) is 0 Å². The van der Waals surface area contributed by atoms with Gasteiger partial charge >= 0.3 is 13.1 Å². The molecule has 2 aromatic carbocycles. The summed E-state index contributed by atoms with van der Waals surface area (Å²) in [4.78, 5) is 11.8. The molecule has 8 nitrogen and oxygen atoms in total. The summed E-state index contributed by atoms with van der Waals surface area (Å²) in [6.07, 6.45) is 1.30. The summed E-state index contributed by atoms with van der Waals surface area (Å²) in [6.45, 7) is 11.7. The van der Waals surface area contributed by atoms with Crippen LogP contribution in [0.25, 0.3) is 0 Å². The van der Waals surface area contributed by atoms with E-state index in [1.54, 1.807) is 37.3 Å². The summed E-state index contributed by atoms with van der Waals surface area (Å²) in [7, 11) is -4.54. The molecule has 3 aliphatic rings. The molecule has 0 spiro atoms. The first kappa shape index (κ1) is 27.0. The molecule has 204 valence electrons. The van der Waals surface area contributed by atoms with Gasteiger partial charge in [-0.15, -0.1) is 0 Å². The number of sulfonamides is 1. The van der Waals surface area contributed by atoms with E-state index in [1.807, 2.05) is 46.8 Å². The summed E-state index contributed by atoms with van der Waals surface area (Å²) in [5.74, 6) is -0.157. The van der Waals surface area contributed by atoms with E-state index in [0.29, 0.717) is 36.2 Å². The molecule has 1 saturated carbocycles. The van der Waals surface area contributed by atoms with Crippen molar-refractivity contribution in [3.8, 4) is 5.75 Å². The van der Waals surface area contributed by atoms with Gasteiger partial charge in [0.05, 0.1) is 33.7 Å². The first-order chi connectivity index (χ1) is 17.6. The molecular weight excluding hydrogens is 505 g/mol. The molecule has 1 aliphatic carbocycles. The van der Waals surface area contributed by atoms with Crippen molar-refractivity contribution in [3.63, 3.8) is 0 Å². The Morgan fingerprint density at radius 2 is 1.71 bits per heavy atom. The number of ether oxygens (including phenoxy) is 1. The Balaban J connectivity index is 1.48. The summed E-state index contributed by atoms with van der Waals surface area (Å²) >= 11 is 0. The Morgan fingerprint density at radius 3 is 2.32 bits per heavy atom. The minimum absolute atomic E-state index is 0.135. The van der Waals surface area contributed by atoms with Crippen LogP contribution in [0.2, 0.25) is 0 Å². The van der Waals surface area contributed by atoms with Gasteiger partial charge in [0.2, 0.25) is 0 Å². The Labute approximate surface area is 225 Å². The van der Waals surface area contributed by atoms with Gasteiger partial charge in [0, 0.05) is 0 Å². The van der Waals surface area contributed by atoms with Crippen molar-refractivity contribution in [2.45, 2.75) is 83.0 Å². The maximum absolute atomic E-state index is 14.0.